The second-order valence-electron chi connectivity index (χ2n) is 3.40. The second-order valence-corrected chi connectivity index (χ2v) is 18.3. The molecule has 0 aromatic carbocycles. The van der Waals surface area contributed by atoms with Gasteiger partial charge >= 0.3 is 76.2 Å². The van der Waals surface area contributed by atoms with Crippen LogP contribution in [0.15, 0.2) is 12.7 Å². The zero-order valence-corrected chi connectivity index (χ0v) is 11.3. The third kappa shape index (κ3) is 5.87. The number of hydrogen-bond acceptors (Lipinski definition) is 2. The van der Waals surface area contributed by atoms with Crippen LogP contribution in [-0.4, -0.2) is 28.2 Å². The molecule has 0 rings (SSSR count). The summed E-state index contributed by atoms with van der Waals surface area (Å²) in [5, 5.41) is -0.0501. The Hall–Kier alpha value is 0.649. The molecule has 0 heterocycles. The van der Waals surface area contributed by atoms with Crippen molar-refractivity contribution in [2.75, 3.05) is 0 Å². The molecule has 0 aliphatic carbocycles. The summed E-state index contributed by atoms with van der Waals surface area (Å²) in [5.41, 5.74) is 0. The Morgan fingerprint density at radius 2 is 2.00 bits per heavy atom. The SMILES string of the molecule is C=CC(C)S(=O)[O][Sn]([CH3])([CH3])[CH3]. The van der Waals surface area contributed by atoms with Gasteiger partial charge in [-0.25, -0.2) is 0 Å². The minimum atomic E-state index is -2.31. The van der Waals surface area contributed by atoms with Crippen molar-refractivity contribution in [2.45, 2.75) is 27.0 Å². The van der Waals surface area contributed by atoms with Crippen LogP contribution in [0.2, 0.25) is 14.8 Å². The average molecular weight is 283 g/mol. The maximum absolute atomic E-state index is 11.3. The molecule has 66 valence electrons. The van der Waals surface area contributed by atoms with Crippen LogP contribution in [-0.2, 0) is 13.6 Å². The zero-order valence-electron chi connectivity index (χ0n) is 7.59. The fraction of sp³-hybridized carbons (Fsp3) is 0.714. The van der Waals surface area contributed by atoms with E-state index in [4.69, 9.17) is 2.52 Å². The predicted molar refractivity (Wildman–Crippen MR) is 52.2 cm³/mol. The van der Waals surface area contributed by atoms with Gasteiger partial charge < -0.3 is 0 Å². The van der Waals surface area contributed by atoms with Gasteiger partial charge in [0.15, 0.2) is 0 Å². The van der Waals surface area contributed by atoms with Gasteiger partial charge in [0.1, 0.15) is 0 Å². The van der Waals surface area contributed by atoms with Crippen LogP contribution in [0.3, 0.4) is 0 Å². The molecular formula is C7H16O2SSn. The van der Waals surface area contributed by atoms with Crippen molar-refractivity contribution in [3.63, 3.8) is 0 Å². The third-order valence-electron chi connectivity index (χ3n) is 0.968. The Morgan fingerprint density at radius 3 is 2.27 bits per heavy atom. The zero-order chi connectivity index (χ0) is 9.07. The monoisotopic (exact) mass is 284 g/mol. The molecule has 2 nitrogen and oxygen atoms in total. The molecule has 0 spiro atoms. The first-order valence-electron chi connectivity index (χ1n) is 3.59. The summed E-state index contributed by atoms with van der Waals surface area (Å²) < 4.78 is 16.7. The number of rotatable bonds is 4. The molecule has 0 saturated carbocycles. The second kappa shape index (κ2) is 4.62. The molecule has 0 bridgehead atoms. The van der Waals surface area contributed by atoms with Gasteiger partial charge in [-0.1, -0.05) is 0 Å². The molecule has 0 fully saturated rings. The first-order chi connectivity index (χ1) is 4.87. The van der Waals surface area contributed by atoms with E-state index in [1.54, 1.807) is 6.08 Å². The van der Waals surface area contributed by atoms with Gasteiger partial charge in [-0.3, -0.25) is 0 Å². The Bertz CT molecular complexity index is 162. The van der Waals surface area contributed by atoms with Crippen LogP contribution in [0, 0.1) is 0 Å². The Morgan fingerprint density at radius 1 is 1.55 bits per heavy atom. The molecule has 0 aliphatic heterocycles. The van der Waals surface area contributed by atoms with Crippen LogP contribution in [0.1, 0.15) is 6.92 Å². The van der Waals surface area contributed by atoms with E-state index in [2.05, 4.69) is 21.4 Å². The fourth-order valence-electron chi connectivity index (χ4n) is 0.401. The molecule has 2 unspecified atom stereocenters. The molecule has 0 N–H and O–H groups in total. The summed E-state index contributed by atoms with van der Waals surface area (Å²) in [6.45, 7) is 5.41. The van der Waals surface area contributed by atoms with Gasteiger partial charge in [0.05, 0.1) is 0 Å². The molecule has 0 aromatic heterocycles. The van der Waals surface area contributed by atoms with E-state index in [0.29, 0.717) is 0 Å². The normalized spacial score (nSPS) is 17.5. The number of hydrogen-bond donors (Lipinski definition) is 0. The van der Waals surface area contributed by atoms with Gasteiger partial charge in [0.2, 0.25) is 0 Å². The van der Waals surface area contributed by atoms with Crippen molar-refractivity contribution >= 4 is 29.9 Å². The summed E-state index contributed by atoms with van der Waals surface area (Å²) in [7, 11) is 0. The van der Waals surface area contributed by atoms with Gasteiger partial charge in [-0.15, -0.1) is 0 Å². The van der Waals surface area contributed by atoms with Crippen molar-refractivity contribution in [3.8, 4) is 0 Å². The summed E-state index contributed by atoms with van der Waals surface area (Å²) in [6.07, 6.45) is 1.66. The minimum absolute atomic E-state index is 0.0501. The topological polar surface area (TPSA) is 26.3 Å². The van der Waals surface area contributed by atoms with Crippen molar-refractivity contribution in [1.29, 1.82) is 0 Å². The van der Waals surface area contributed by atoms with E-state index >= 15 is 0 Å². The average Bonchev–Trinajstić information content (AvgIpc) is 1.82. The summed E-state index contributed by atoms with van der Waals surface area (Å²) >= 11 is -3.47. The molecule has 0 radical (unpaired) electrons. The van der Waals surface area contributed by atoms with E-state index < -0.39 is 29.9 Å². The fourth-order valence-corrected chi connectivity index (χ4v) is 6.72. The maximum atomic E-state index is 11.3. The Kier molecular flexibility index (Phi) is 4.89. The van der Waals surface area contributed by atoms with Gasteiger partial charge in [-0.2, -0.15) is 0 Å². The third-order valence-corrected chi connectivity index (χ3v) is 8.12. The molecule has 11 heavy (non-hydrogen) atoms. The van der Waals surface area contributed by atoms with Crippen LogP contribution < -0.4 is 0 Å². The molecule has 2 atom stereocenters. The molecule has 0 saturated heterocycles. The van der Waals surface area contributed by atoms with Crippen LogP contribution in [0.25, 0.3) is 0 Å². The molecule has 0 aromatic rings. The Labute approximate surface area is 76.1 Å². The van der Waals surface area contributed by atoms with Gasteiger partial charge in [0.25, 0.3) is 0 Å². The van der Waals surface area contributed by atoms with Gasteiger partial charge in [-0.05, 0) is 0 Å². The van der Waals surface area contributed by atoms with Crippen molar-refractivity contribution in [3.05, 3.63) is 12.7 Å². The van der Waals surface area contributed by atoms with Gasteiger partial charge in [0, 0.05) is 0 Å². The molecule has 0 amide bonds. The Balaban J connectivity index is 3.98. The van der Waals surface area contributed by atoms with Crippen molar-refractivity contribution < 1.29 is 6.73 Å². The quantitative estimate of drug-likeness (QED) is 0.583. The first-order valence-corrected chi connectivity index (χ1v) is 14.5. The standard InChI is InChI=1S/C4H8O2S.3CH3.Sn/c1-3-4(2)7(5)6;;;;/h3-4H,1H2,2H3,(H,5,6);3*1H3;/q;;;;+1/p-1. The molecule has 4 heteroatoms. The van der Waals surface area contributed by atoms with Crippen LogP contribution >= 0.6 is 0 Å². The molecule has 0 aliphatic rings. The predicted octanol–water partition coefficient (Wildman–Crippen LogP) is 2.08. The van der Waals surface area contributed by atoms with Crippen LogP contribution in [0.5, 0.6) is 0 Å². The summed E-state index contributed by atoms with van der Waals surface area (Å²) in [5.74, 6) is 0. The van der Waals surface area contributed by atoms with Crippen LogP contribution in [0.4, 0.5) is 0 Å². The van der Waals surface area contributed by atoms with E-state index in [1.807, 2.05) is 6.92 Å². The van der Waals surface area contributed by atoms with Crippen molar-refractivity contribution in [1.82, 2.24) is 0 Å². The summed E-state index contributed by atoms with van der Waals surface area (Å²) in [6, 6.07) is 0. The summed E-state index contributed by atoms with van der Waals surface area (Å²) in [4.78, 5) is 6.26. The van der Waals surface area contributed by atoms with Crippen molar-refractivity contribution in [2.24, 2.45) is 0 Å². The van der Waals surface area contributed by atoms with E-state index in [9.17, 15) is 4.21 Å². The first kappa shape index (κ1) is 11.6. The van der Waals surface area contributed by atoms with E-state index in [0.717, 1.165) is 0 Å². The van der Waals surface area contributed by atoms with E-state index in [-0.39, 0.29) is 5.25 Å². The van der Waals surface area contributed by atoms with E-state index in [1.165, 1.54) is 0 Å². The molecular weight excluding hydrogens is 267 g/mol.